The van der Waals surface area contributed by atoms with E-state index in [1.807, 2.05) is 13.0 Å². The number of hydrogen-bond donors (Lipinski definition) is 3. The summed E-state index contributed by atoms with van der Waals surface area (Å²) in [6, 6.07) is 5.97. The zero-order chi connectivity index (χ0) is 17.7. The molecule has 1 aromatic rings. The number of fused-ring (bicyclic) bond motifs is 1. The molecule has 1 atom stereocenters. The van der Waals surface area contributed by atoms with Crippen LogP contribution >= 0.6 is 0 Å². The van der Waals surface area contributed by atoms with Gasteiger partial charge in [0.15, 0.2) is 11.5 Å². The highest BCUT2D eigenvalue weighted by atomic mass is 16.7. The standard InChI is InChI=1S/C19H28N2O4/c1-14(11-22)10-20-18(23)21-12-19(7-3-2-4-8-19)15-5-6-16-17(9-15)25-13-24-16/h5-6,9,14,22H,2-4,7-8,10-13H2,1H3,(H2,20,21,23). The van der Waals surface area contributed by atoms with Gasteiger partial charge in [0.1, 0.15) is 0 Å². The number of benzene rings is 1. The summed E-state index contributed by atoms with van der Waals surface area (Å²) in [5.74, 6) is 1.64. The van der Waals surface area contributed by atoms with Crippen LogP contribution in [0.3, 0.4) is 0 Å². The molecular formula is C19H28N2O4. The number of urea groups is 1. The van der Waals surface area contributed by atoms with Gasteiger partial charge in [-0.05, 0) is 36.5 Å². The SMILES string of the molecule is CC(CO)CNC(=O)NCC1(c2ccc3c(c2)OCO3)CCCCC1. The van der Waals surface area contributed by atoms with E-state index in [0.717, 1.165) is 24.3 Å². The molecule has 0 radical (unpaired) electrons. The highest BCUT2D eigenvalue weighted by Gasteiger charge is 2.35. The molecule has 1 heterocycles. The summed E-state index contributed by atoms with van der Waals surface area (Å²) in [5, 5.41) is 14.9. The second-order valence-corrected chi connectivity index (χ2v) is 7.26. The minimum atomic E-state index is -0.175. The van der Waals surface area contributed by atoms with Crippen molar-refractivity contribution < 1.29 is 19.4 Å². The van der Waals surface area contributed by atoms with Gasteiger partial charge >= 0.3 is 6.03 Å². The minimum absolute atomic E-state index is 0.0564. The van der Waals surface area contributed by atoms with Crippen LogP contribution in [0.2, 0.25) is 0 Å². The van der Waals surface area contributed by atoms with E-state index in [4.69, 9.17) is 14.6 Å². The summed E-state index contributed by atoms with van der Waals surface area (Å²) in [6.45, 7) is 3.32. The van der Waals surface area contributed by atoms with E-state index in [0.29, 0.717) is 13.1 Å². The first-order valence-electron chi connectivity index (χ1n) is 9.16. The molecule has 3 rings (SSSR count). The van der Waals surface area contributed by atoms with Crippen molar-refractivity contribution in [1.82, 2.24) is 10.6 Å². The molecule has 1 unspecified atom stereocenters. The van der Waals surface area contributed by atoms with Crippen molar-refractivity contribution in [2.75, 3.05) is 26.5 Å². The zero-order valence-corrected chi connectivity index (χ0v) is 14.8. The normalized spacial score (nSPS) is 19.3. The second-order valence-electron chi connectivity index (χ2n) is 7.26. The molecule has 1 fully saturated rings. The van der Waals surface area contributed by atoms with Gasteiger partial charge in [-0.1, -0.05) is 32.3 Å². The Balaban J connectivity index is 1.68. The van der Waals surface area contributed by atoms with Crippen LogP contribution in [0, 0.1) is 5.92 Å². The quantitative estimate of drug-likeness (QED) is 0.738. The molecule has 25 heavy (non-hydrogen) atoms. The summed E-state index contributed by atoms with van der Waals surface area (Å²) in [5.41, 5.74) is 1.15. The third-order valence-electron chi connectivity index (χ3n) is 5.31. The Morgan fingerprint density at radius 2 is 1.96 bits per heavy atom. The maximum atomic E-state index is 12.1. The van der Waals surface area contributed by atoms with Gasteiger partial charge in [-0.3, -0.25) is 0 Å². The van der Waals surface area contributed by atoms with Crippen LogP contribution in [-0.2, 0) is 5.41 Å². The number of ether oxygens (including phenoxy) is 2. The van der Waals surface area contributed by atoms with Crippen molar-refractivity contribution in [2.24, 2.45) is 5.92 Å². The average molecular weight is 348 g/mol. The van der Waals surface area contributed by atoms with Crippen molar-refractivity contribution in [2.45, 2.75) is 44.4 Å². The predicted octanol–water partition coefficient (Wildman–Crippen LogP) is 2.54. The Hall–Kier alpha value is -1.95. The van der Waals surface area contributed by atoms with Crippen LogP contribution in [0.5, 0.6) is 11.5 Å². The number of nitrogens with one attached hydrogen (secondary N) is 2. The van der Waals surface area contributed by atoms with Crippen molar-refractivity contribution in [3.05, 3.63) is 23.8 Å². The summed E-state index contributed by atoms with van der Waals surface area (Å²) < 4.78 is 10.9. The number of carbonyl (C=O) groups excluding carboxylic acids is 1. The monoisotopic (exact) mass is 348 g/mol. The van der Waals surface area contributed by atoms with Gasteiger partial charge in [-0.2, -0.15) is 0 Å². The number of aliphatic hydroxyl groups is 1. The van der Waals surface area contributed by atoms with Gasteiger partial charge in [0.2, 0.25) is 6.79 Å². The largest absolute Gasteiger partial charge is 0.454 e. The Morgan fingerprint density at radius 3 is 2.72 bits per heavy atom. The average Bonchev–Trinajstić information content (AvgIpc) is 3.13. The lowest BCUT2D eigenvalue weighted by atomic mass is 9.69. The molecule has 0 aromatic heterocycles. The molecular weight excluding hydrogens is 320 g/mol. The van der Waals surface area contributed by atoms with Gasteiger partial charge in [-0.15, -0.1) is 0 Å². The molecule has 3 N–H and O–H groups in total. The predicted molar refractivity (Wildman–Crippen MR) is 95.0 cm³/mol. The Kier molecular flexibility index (Phi) is 5.68. The van der Waals surface area contributed by atoms with Crippen molar-refractivity contribution in [1.29, 1.82) is 0 Å². The highest BCUT2D eigenvalue weighted by Crippen LogP contribution is 2.43. The van der Waals surface area contributed by atoms with Crippen molar-refractivity contribution >= 4 is 6.03 Å². The Labute approximate surface area is 148 Å². The molecule has 6 heteroatoms. The molecule has 0 saturated heterocycles. The maximum absolute atomic E-state index is 12.1. The fraction of sp³-hybridized carbons (Fsp3) is 0.632. The third-order valence-corrected chi connectivity index (χ3v) is 5.31. The van der Waals surface area contributed by atoms with Crippen LogP contribution in [0.25, 0.3) is 0 Å². The minimum Gasteiger partial charge on any atom is -0.454 e. The van der Waals surface area contributed by atoms with Gasteiger partial charge < -0.3 is 25.2 Å². The zero-order valence-electron chi connectivity index (χ0n) is 14.8. The number of aliphatic hydroxyl groups excluding tert-OH is 1. The topological polar surface area (TPSA) is 79.8 Å². The van der Waals surface area contributed by atoms with Crippen LogP contribution < -0.4 is 20.1 Å². The van der Waals surface area contributed by atoms with E-state index in [-0.39, 0.29) is 30.8 Å². The van der Waals surface area contributed by atoms with Crippen LogP contribution in [0.15, 0.2) is 18.2 Å². The van der Waals surface area contributed by atoms with Crippen LogP contribution in [-0.4, -0.2) is 37.6 Å². The van der Waals surface area contributed by atoms with Gasteiger partial charge in [0.05, 0.1) is 0 Å². The highest BCUT2D eigenvalue weighted by molar-refractivity contribution is 5.74. The molecule has 6 nitrogen and oxygen atoms in total. The molecule has 2 aliphatic rings. The van der Waals surface area contributed by atoms with Crippen molar-refractivity contribution in [3.63, 3.8) is 0 Å². The molecule has 0 bridgehead atoms. The lowest BCUT2D eigenvalue weighted by molar-refractivity contribution is 0.173. The lowest BCUT2D eigenvalue weighted by Gasteiger charge is -2.38. The van der Waals surface area contributed by atoms with E-state index in [1.165, 1.54) is 24.8 Å². The summed E-state index contributed by atoms with van der Waals surface area (Å²) in [4.78, 5) is 12.1. The van der Waals surface area contributed by atoms with E-state index < -0.39 is 0 Å². The third kappa shape index (κ3) is 4.18. The fourth-order valence-electron chi connectivity index (χ4n) is 3.67. The van der Waals surface area contributed by atoms with E-state index in [1.54, 1.807) is 0 Å². The van der Waals surface area contributed by atoms with Gasteiger partial charge in [-0.25, -0.2) is 4.79 Å². The Morgan fingerprint density at radius 1 is 1.20 bits per heavy atom. The number of carbonyl (C=O) groups is 1. The lowest BCUT2D eigenvalue weighted by Crippen LogP contribution is -2.46. The van der Waals surface area contributed by atoms with Crippen LogP contribution in [0.1, 0.15) is 44.6 Å². The smallest absolute Gasteiger partial charge is 0.314 e. The molecule has 2 amide bonds. The van der Waals surface area contributed by atoms with E-state index >= 15 is 0 Å². The second kappa shape index (κ2) is 7.95. The maximum Gasteiger partial charge on any atom is 0.314 e. The fourth-order valence-corrected chi connectivity index (χ4v) is 3.67. The number of rotatable bonds is 6. The number of hydrogen-bond acceptors (Lipinski definition) is 4. The van der Waals surface area contributed by atoms with Gasteiger partial charge in [0.25, 0.3) is 0 Å². The molecule has 1 aromatic carbocycles. The van der Waals surface area contributed by atoms with E-state index in [2.05, 4.69) is 22.8 Å². The molecule has 1 saturated carbocycles. The summed E-state index contributed by atoms with van der Waals surface area (Å²) in [6.07, 6.45) is 5.69. The first-order valence-corrected chi connectivity index (χ1v) is 9.16. The first-order chi connectivity index (χ1) is 12.1. The summed E-state index contributed by atoms with van der Waals surface area (Å²) >= 11 is 0. The Bertz CT molecular complexity index is 599. The molecule has 0 spiro atoms. The van der Waals surface area contributed by atoms with Crippen molar-refractivity contribution in [3.8, 4) is 11.5 Å². The number of amides is 2. The first kappa shape index (κ1) is 17.9. The molecule has 1 aliphatic carbocycles. The summed E-state index contributed by atoms with van der Waals surface area (Å²) in [7, 11) is 0. The van der Waals surface area contributed by atoms with Crippen LogP contribution in [0.4, 0.5) is 4.79 Å². The molecule has 138 valence electrons. The molecule has 1 aliphatic heterocycles. The van der Waals surface area contributed by atoms with E-state index in [9.17, 15) is 4.79 Å². The van der Waals surface area contributed by atoms with Gasteiger partial charge in [0, 0.05) is 25.1 Å².